The summed E-state index contributed by atoms with van der Waals surface area (Å²) in [6, 6.07) is 14.7. The van der Waals surface area contributed by atoms with Gasteiger partial charge < -0.3 is 4.74 Å². The number of thiophene rings is 1. The Morgan fingerprint density at radius 1 is 0.885 bits per heavy atom. The zero-order valence-electron chi connectivity index (χ0n) is 14.4. The molecule has 3 aromatic rings. The fraction of sp³-hybridized carbons (Fsp3) is 0.238. The molecule has 1 nitrogen and oxygen atoms in total. The van der Waals surface area contributed by atoms with Crippen LogP contribution < -0.4 is 4.74 Å². The average Bonchev–Trinajstić information content (AvgIpc) is 3.09. The molecule has 0 spiro atoms. The van der Waals surface area contributed by atoms with Crippen molar-refractivity contribution in [3.8, 4) is 27.3 Å². The number of benzene rings is 2. The third-order valence-corrected chi connectivity index (χ3v) is 6.05. The lowest BCUT2D eigenvalue weighted by molar-refractivity contribution is 0.286. The van der Waals surface area contributed by atoms with E-state index in [9.17, 15) is 8.78 Å². The Labute approximate surface area is 170 Å². The molecule has 0 unspecified atom stereocenters. The van der Waals surface area contributed by atoms with Crippen LogP contribution in [0.4, 0.5) is 8.78 Å². The molecular formula is C21H19F2IOS. The van der Waals surface area contributed by atoms with Gasteiger partial charge in [0.15, 0.2) is 11.6 Å². The van der Waals surface area contributed by atoms with Gasteiger partial charge in [-0.05, 0) is 64.4 Å². The molecule has 0 radical (unpaired) electrons. The highest BCUT2D eigenvalue weighted by Crippen LogP contribution is 2.33. The number of hydrogen-bond acceptors (Lipinski definition) is 2. The molecule has 0 saturated carbocycles. The first-order valence-corrected chi connectivity index (χ1v) is 10.5. The first kappa shape index (κ1) is 19.3. The zero-order chi connectivity index (χ0) is 18.5. The van der Waals surface area contributed by atoms with Crippen LogP contribution in [0.1, 0.15) is 26.2 Å². The molecule has 0 saturated heterocycles. The normalized spacial score (nSPS) is 10.9. The molecule has 3 rings (SSSR count). The van der Waals surface area contributed by atoms with Gasteiger partial charge in [0.2, 0.25) is 5.82 Å². The lowest BCUT2D eigenvalue weighted by Crippen LogP contribution is -2.01. The van der Waals surface area contributed by atoms with Gasteiger partial charge in [-0.1, -0.05) is 44.0 Å². The van der Waals surface area contributed by atoms with E-state index in [1.54, 1.807) is 17.4 Å². The summed E-state index contributed by atoms with van der Waals surface area (Å²) >= 11 is 3.98. The minimum Gasteiger partial charge on any atom is -0.490 e. The maximum atomic E-state index is 14.5. The Morgan fingerprint density at radius 2 is 1.62 bits per heavy atom. The molecule has 0 atom stereocenters. The summed E-state index contributed by atoms with van der Waals surface area (Å²) in [7, 11) is 0. The average molecular weight is 484 g/mol. The smallest absolute Gasteiger partial charge is 0.201 e. The van der Waals surface area contributed by atoms with Crippen molar-refractivity contribution in [1.82, 2.24) is 0 Å². The lowest BCUT2D eigenvalue weighted by atomic mass is 10.0. The zero-order valence-corrected chi connectivity index (χ0v) is 17.4. The molecule has 5 heteroatoms. The molecule has 0 aliphatic carbocycles. The molecule has 2 aromatic carbocycles. The quantitative estimate of drug-likeness (QED) is 0.249. The standard InChI is InChI=1S/C21H19F2IOS/c1-2-3-4-13-25-17-10-9-16(20(22)21(17)23)14-5-7-15(8-6-14)18-11-12-19(24)26-18/h5-12H,2-4,13H2,1H3. The third kappa shape index (κ3) is 4.43. The van der Waals surface area contributed by atoms with E-state index in [1.165, 1.54) is 8.95 Å². The summed E-state index contributed by atoms with van der Waals surface area (Å²) < 4.78 is 35.4. The minimum atomic E-state index is -0.920. The van der Waals surface area contributed by atoms with E-state index in [0.29, 0.717) is 12.2 Å². The van der Waals surface area contributed by atoms with Crippen molar-refractivity contribution in [2.75, 3.05) is 6.61 Å². The number of unbranched alkanes of at least 4 members (excludes halogenated alkanes) is 2. The van der Waals surface area contributed by atoms with Gasteiger partial charge in [-0.2, -0.15) is 4.39 Å². The fourth-order valence-electron chi connectivity index (χ4n) is 2.68. The van der Waals surface area contributed by atoms with E-state index in [4.69, 9.17) is 4.74 Å². The van der Waals surface area contributed by atoms with Crippen molar-refractivity contribution < 1.29 is 13.5 Å². The largest absolute Gasteiger partial charge is 0.490 e. The van der Waals surface area contributed by atoms with Gasteiger partial charge >= 0.3 is 0 Å². The van der Waals surface area contributed by atoms with Crippen LogP contribution in [0.5, 0.6) is 5.75 Å². The lowest BCUT2D eigenvalue weighted by Gasteiger charge is -2.11. The topological polar surface area (TPSA) is 9.23 Å². The Balaban J connectivity index is 1.79. The van der Waals surface area contributed by atoms with E-state index in [-0.39, 0.29) is 11.3 Å². The van der Waals surface area contributed by atoms with Gasteiger partial charge in [-0.3, -0.25) is 0 Å². The van der Waals surface area contributed by atoms with Gasteiger partial charge in [0, 0.05) is 10.4 Å². The van der Waals surface area contributed by atoms with Crippen LogP contribution in [-0.2, 0) is 0 Å². The maximum Gasteiger partial charge on any atom is 0.201 e. The summed E-state index contributed by atoms with van der Waals surface area (Å²) in [5, 5.41) is 0. The highest BCUT2D eigenvalue weighted by atomic mass is 127. The van der Waals surface area contributed by atoms with Gasteiger partial charge in [-0.15, -0.1) is 11.3 Å². The van der Waals surface area contributed by atoms with E-state index < -0.39 is 11.6 Å². The van der Waals surface area contributed by atoms with E-state index in [1.807, 2.05) is 24.3 Å². The molecule has 26 heavy (non-hydrogen) atoms. The van der Waals surface area contributed by atoms with Gasteiger partial charge in [-0.25, -0.2) is 4.39 Å². The van der Waals surface area contributed by atoms with E-state index in [2.05, 4.69) is 41.6 Å². The van der Waals surface area contributed by atoms with Gasteiger partial charge in [0.25, 0.3) is 0 Å². The third-order valence-electron chi connectivity index (χ3n) is 4.11. The van der Waals surface area contributed by atoms with Crippen molar-refractivity contribution in [2.45, 2.75) is 26.2 Å². The number of halogens is 3. The number of rotatable bonds is 7. The number of ether oxygens (including phenoxy) is 1. The summed E-state index contributed by atoms with van der Waals surface area (Å²) in [5.41, 5.74) is 1.96. The first-order chi connectivity index (χ1) is 12.6. The van der Waals surface area contributed by atoms with Crippen LogP contribution in [0.2, 0.25) is 0 Å². The van der Waals surface area contributed by atoms with Crippen LogP contribution in [0, 0.1) is 14.5 Å². The van der Waals surface area contributed by atoms with Crippen LogP contribution in [0.25, 0.3) is 21.6 Å². The molecule has 0 aliphatic rings. The summed E-state index contributed by atoms with van der Waals surface area (Å²) in [6.45, 7) is 2.48. The molecule has 1 aromatic heterocycles. The molecule has 0 aliphatic heterocycles. The highest BCUT2D eigenvalue weighted by Gasteiger charge is 2.16. The van der Waals surface area contributed by atoms with Crippen molar-refractivity contribution in [3.05, 3.63) is 63.0 Å². The molecule has 0 fully saturated rings. The predicted molar refractivity (Wildman–Crippen MR) is 113 cm³/mol. The molecule has 0 bridgehead atoms. The van der Waals surface area contributed by atoms with Crippen LogP contribution in [-0.4, -0.2) is 6.61 Å². The van der Waals surface area contributed by atoms with Crippen molar-refractivity contribution in [1.29, 1.82) is 0 Å². The SMILES string of the molecule is CCCCCOc1ccc(-c2ccc(-c3ccc(I)s3)cc2)c(F)c1F. The Bertz CT molecular complexity index is 874. The van der Waals surface area contributed by atoms with Crippen molar-refractivity contribution in [2.24, 2.45) is 0 Å². The number of hydrogen-bond donors (Lipinski definition) is 0. The maximum absolute atomic E-state index is 14.5. The van der Waals surface area contributed by atoms with Crippen molar-refractivity contribution >= 4 is 33.9 Å². The Morgan fingerprint density at radius 3 is 2.27 bits per heavy atom. The van der Waals surface area contributed by atoms with Crippen LogP contribution in [0.15, 0.2) is 48.5 Å². The van der Waals surface area contributed by atoms with E-state index >= 15 is 0 Å². The first-order valence-electron chi connectivity index (χ1n) is 8.57. The second-order valence-corrected chi connectivity index (χ2v) is 8.95. The molecular weight excluding hydrogens is 465 g/mol. The molecule has 1 heterocycles. The molecule has 136 valence electrons. The second-order valence-electron chi connectivity index (χ2n) is 5.98. The minimum absolute atomic E-state index is 0.0212. The Kier molecular flexibility index (Phi) is 6.64. The fourth-order valence-corrected chi connectivity index (χ4v) is 4.31. The summed E-state index contributed by atoms with van der Waals surface area (Å²) in [6.07, 6.45) is 2.90. The van der Waals surface area contributed by atoms with Crippen LogP contribution >= 0.6 is 33.9 Å². The van der Waals surface area contributed by atoms with Gasteiger partial charge in [0.05, 0.1) is 9.49 Å². The highest BCUT2D eigenvalue weighted by molar-refractivity contribution is 14.1. The van der Waals surface area contributed by atoms with E-state index in [0.717, 1.165) is 29.7 Å². The molecule has 0 N–H and O–H groups in total. The summed E-state index contributed by atoms with van der Waals surface area (Å²) in [4.78, 5) is 1.16. The monoisotopic (exact) mass is 484 g/mol. The summed E-state index contributed by atoms with van der Waals surface area (Å²) in [5.74, 6) is -1.81. The second kappa shape index (κ2) is 8.95. The van der Waals surface area contributed by atoms with Gasteiger partial charge in [0.1, 0.15) is 0 Å². The van der Waals surface area contributed by atoms with Crippen LogP contribution in [0.3, 0.4) is 0 Å². The van der Waals surface area contributed by atoms with Crippen molar-refractivity contribution in [3.63, 3.8) is 0 Å². The molecule has 0 amide bonds. The Hall–Kier alpha value is -1.47. The predicted octanol–water partition coefficient (Wildman–Crippen LogP) is 7.53.